The summed E-state index contributed by atoms with van der Waals surface area (Å²) in [5, 5.41) is 10.7. The molecule has 0 spiro atoms. The molecule has 0 unspecified atom stereocenters. The van der Waals surface area contributed by atoms with Crippen LogP contribution < -0.4 is 0 Å². The summed E-state index contributed by atoms with van der Waals surface area (Å²) in [4.78, 5) is 13.2. The molecule has 0 bridgehead atoms. The van der Waals surface area contributed by atoms with E-state index in [0.29, 0.717) is 0 Å². The summed E-state index contributed by atoms with van der Waals surface area (Å²) < 4.78 is 24.3. The average Bonchev–Trinajstić information content (AvgIpc) is 2.16. The summed E-state index contributed by atoms with van der Waals surface area (Å²) >= 11 is 3.01. The maximum atomic E-state index is 12.1. The van der Waals surface area contributed by atoms with Gasteiger partial charge in [-0.1, -0.05) is 15.9 Å². The summed E-state index contributed by atoms with van der Waals surface area (Å²) in [5.74, 6) is 0. The van der Waals surface area contributed by atoms with E-state index < -0.39 is 17.0 Å². The minimum atomic E-state index is -2.79. The molecular weight excluding hydrogens is 262 g/mol. The molecule has 0 N–H and O–H groups in total. The van der Waals surface area contributed by atoms with Gasteiger partial charge < -0.3 is 0 Å². The Bertz CT molecular complexity index is 360. The van der Waals surface area contributed by atoms with Crippen LogP contribution in [0.1, 0.15) is 17.7 Å². The summed E-state index contributed by atoms with van der Waals surface area (Å²) in [6.07, 6.45) is -1.72. The van der Waals surface area contributed by atoms with Gasteiger partial charge in [0, 0.05) is 17.6 Å². The van der Waals surface area contributed by atoms with Gasteiger partial charge in [0.05, 0.1) is 10.5 Å². The number of halogens is 3. The zero-order valence-corrected chi connectivity index (χ0v) is 8.37. The molecule has 1 heterocycles. The Morgan fingerprint density at radius 3 is 2.71 bits per heavy atom. The van der Waals surface area contributed by atoms with Gasteiger partial charge in [-0.2, -0.15) is 0 Å². The molecule has 0 aliphatic rings. The van der Waals surface area contributed by atoms with Crippen LogP contribution in [-0.4, -0.2) is 9.91 Å². The maximum absolute atomic E-state index is 12.1. The molecule has 7 heteroatoms. The van der Waals surface area contributed by atoms with Gasteiger partial charge in [-0.15, -0.1) is 0 Å². The number of hydrogen-bond donors (Lipinski definition) is 0. The Hall–Kier alpha value is -1.11. The van der Waals surface area contributed by atoms with Crippen molar-refractivity contribution in [3.05, 3.63) is 33.6 Å². The van der Waals surface area contributed by atoms with Crippen molar-refractivity contribution >= 4 is 21.6 Å². The first kappa shape index (κ1) is 11.0. The molecular formula is C7H5BrF2N2O2. The minimum Gasteiger partial charge on any atom is -0.258 e. The standard InChI is InChI=1S/C7H5BrF2N2O2/c8-2-4-3-11-5(7(9)10)1-6(4)12(13)14/h1,3,7H,2H2. The molecule has 76 valence electrons. The molecule has 0 fully saturated rings. The topological polar surface area (TPSA) is 56.0 Å². The molecule has 0 saturated carbocycles. The number of aromatic nitrogens is 1. The molecule has 0 aliphatic carbocycles. The van der Waals surface area contributed by atoms with Crippen LogP contribution in [0.3, 0.4) is 0 Å². The molecule has 4 nitrogen and oxygen atoms in total. The molecule has 1 aromatic rings. The van der Waals surface area contributed by atoms with Crippen LogP contribution in [0, 0.1) is 10.1 Å². The van der Waals surface area contributed by atoms with Crippen molar-refractivity contribution in [3.8, 4) is 0 Å². The molecule has 14 heavy (non-hydrogen) atoms. The van der Waals surface area contributed by atoms with E-state index in [-0.39, 0.29) is 16.6 Å². The molecule has 0 atom stereocenters. The zero-order chi connectivity index (χ0) is 10.7. The lowest BCUT2D eigenvalue weighted by molar-refractivity contribution is -0.385. The Morgan fingerprint density at radius 1 is 1.64 bits per heavy atom. The molecule has 0 saturated heterocycles. The summed E-state index contributed by atoms with van der Waals surface area (Å²) in [7, 11) is 0. The van der Waals surface area contributed by atoms with E-state index in [2.05, 4.69) is 20.9 Å². The van der Waals surface area contributed by atoms with Gasteiger partial charge in [0.2, 0.25) is 0 Å². The van der Waals surface area contributed by atoms with E-state index >= 15 is 0 Å². The zero-order valence-electron chi connectivity index (χ0n) is 6.78. The van der Waals surface area contributed by atoms with Crippen molar-refractivity contribution in [2.24, 2.45) is 0 Å². The van der Waals surface area contributed by atoms with E-state index in [4.69, 9.17) is 0 Å². The van der Waals surface area contributed by atoms with Crippen molar-refractivity contribution in [2.75, 3.05) is 0 Å². The quantitative estimate of drug-likeness (QED) is 0.480. The van der Waals surface area contributed by atoms with E-state index in [0.717, 1.165) is 12.3 Å². The van der Waals surface area contributed by atoms with E-state index in [1.807, 2.05) is 0 Å². The first-order chi connectivity index (χ1) is 6.56. The van der Waals surface area contributed by atoms with Crippen molar-refractivity contribution in [2.45, 2.75) is 11.8 Å². The van der Waals surface area contributed by atoms with Gasteiger partial charge in [0.1, 0.15) is 5.69 Å². The molecule has 0 amide bonds. The van der Waals surface area contributed by atoms with Gasteiger partial charge in [0.15, 0.2) is 0 Å². The van der Waals surface area contributed by atoms with Crippen LogP contribution in [0.25, 0.3) is 0 Å². The number of rotatable bonds is 3. The Balaban J connectivity index is 3.21. The van der Waals surface area contributed by atoms with Gasteiger partial charge in [-0.05, 0) is 0 Å². The van der Waals surface area contributed by atoms with Gasteiger partial charge in [-0.3, -0.25) is 15.1 Å². The van der Waals surface area contributed by atoms with Crippen LogP contribution >= 0.6 is 15.9 Å². The van der Waals surface area contributed by atoms with Crippen molar-refractivity contribution in [1.29, 1.82) is 0 Å². The fourth-order valence-electron chi connectivity index (χ4n) is 0.881. The summed E-state index contributed by atoms with van der Waals surface area (Å²) in [5.41, 5.74) is -0.645. The van der Waals surface area contributed by atoms with E-state index in [1.165, 1.54) is 0 Å². The van der Waals surface area contributed by atoms with Crippen molar-refractivity contribution in [3.63, 3.8) is 0 Å². The lowest BCUT2D eigenvalue weighted by Gasteiger charge is -2.01. The lowest BCUT2D eigenvalue weighted by Crippen LogP contribution is -1.98. The fraction of sp³-hybridized carbons (Fsp3) is 0.286. The third-order valence-corrected chi connectivity index (χ3v) is 2.15. The van der Waals surface area contributed by atoms with Crippen LogP contribution in [0.2, 0.25) is 0 Å². The monoisotopic (exact) mass is 266 g/mol. The third kappa shape index (κ3) is 2.22. The third-order valence-electron chi connectivity index (χ3n) is 1.55. The van der Waals surface area contributed by atoms with Crippen LogP contribution in [-0.2, 0) is 5.33 Å². The normalized spacial score (nSPS) is 10.6. The Kier molecular flexibility index (Phi) is 3.45. The first-order valence-electron chi connectivity index (χ1n) is 3.53. The van der Waals surface area contributed by atoms with Crippen LogP contribution in [0.4, 0.5) is 14.5 Å². The Morgan fingerprint density at radius 2 is 2.29 bits per heavy atom. The van der Waals surface area contributed by atoms with E-state index in [1.54, 1.807) is 0 Å². The highest BCUT2D eigenvalue weighted by atomic mass is 79.9. The largest absolute Gasteiger partial charge is 0.280 e. The molecule has 0 radical (unpaired) electrons. The number of hydrogen-bond acceptors (Lipinski definition) is 3. The first-order valence-corrected chi connectivity index (χ1v) is 4.65. The van der Waals surface area contributed by atoms with Crippen molar-refractivity contribution < 1.29 is 13.7 Å². The van der Waals surface area contributed by atoms with Crippen LogP contribution in [0.5, 0.6) is 0 Å². The van der Waals surface area contributed by atoms with Gasteiger partial charge in [0.25, 0.3) is 12.1 Å². The lowest BCUT2D eigenvalue weighted by atomic mass is 10.2. The average molecular weight is 267 g/mol. The smallest absolute Gasteiger partial charge is 0.258 e. The second kappa shape index (κ2) is 4.41. The minimum absolute atomic E-state index is 0.208. The molecule has 1 rings (SSSR count). The second-order valence-electron chi connectivity index (χ2n) is 2.43. The van der Waals surface area contributed by atoms with Crippen molar-refractivity contribution in [1.82, 2.24) is 4.98 Å². The van der Waals surface area contributed by atoms with Gasteiger partial charge >= 0.3 is 0 Å². The van der Waals surface area contributed by atoms with Crippen LogP contribution in [0.15, 0.2) is 12.3 Å². The predicted octanol–water partition coefficient (Wildman–Crippen LogP) is 2.82. The molecule has 1 aromatic heterocycles. The highest BCUT2D eigenvalue weighted by Crippen LogP contribution is 2.25. The SMILES string of the molecule is O=[N+]([O-])c1cc(C(F)F)ncc1CBr. The number of nitro groups is 1. The highest BCUT2D eigenvalue weighted by Gasteiger charge is 2.18. The Labute approximate surface area is 86.2 Å². The number of alkyl halides is 3. The predicted molar refractivity (Wildman–Crippen MR) is 48.5 cm³/mol. The maximum Gasteiger partial charge on any atom is 0.280 e. The number of nitrogens with zero attached hydrogens (tertiary/aromatic N) is 2. The second-order valence-corrected chi connectivity index (χ2v) is 2.99. The van der Waals surface area contributed by atoms with Gasteiger partial charge in [-0.25, -0.2) is 8.78 Å². The number of pyridine rings is 1. The highest BCUT2D eigenvalue weighted by molar-refractivity contribution is 9.08. The fourth-order valence-corrected chi connectivity index (χ4v) is 1.31. The summed E-state index contributed by atoms with van der Waals surface area (Å²) in [6.45, 7) is 0. The molecule has 0 aromatic carbocycles. The van der Waals surface area contributed by atoms with E-state index in [9.17, 15) is 18.9 Å². The molecule has 0 aliphatic heterocycles. The summed E-state index contributed by atoms with van der Waals surface area (Å²) in [6, 6.07) is 0.793.